The van der Waals surface area contributed by atoms with Crippen molar-refractivity contribution < 1.29 is 18.0 Å². The van der Waals surface area contributed by atoms with Crippen molar-refractivity contribution in [1.29, 1.82) is 0 Å². The average molecular weight is 473 g/mol. The Labute approximate surface area is 174 Å². The van der Waals surface area contributed by atoms with E-state index in [1.54, 1.807) is 0 Å². The van der Waals surface area contributed by atoms with Gasteiger partial charge in [0.15, 0.2) is 0 Å². The van der Waals surface area contributed by atoms with Crippen LogP contribution in [0.1, 0.15) is 36.5 Å². The highest BCUT2D eigenvalue weighted by atomic mass is 79.9. The van der Waals surface area contributed by atoms with E-state index < -0.39 is 11.7 Å². The van der Waals surface area contributed by atoms with Gasteiger partial charge in [-0.15, -0.1) is 0 Å². The predicted octanol–water partition coefficient (Wildman–Crippen LogP) is 5.85. The van der Waals surface area contributed by atoms with Gasteiger partial charge in [-0.05, 0) is 48.4 Å². The number of nitrogens with one attached hydrogen (secondary N) is 2. The largest absolute Gasteiger partial charge is 0.416 e. The molecule has 150 valence electrons. The summed E-state index contributed by atoms with van der Waals surface area (Å²) in [4.78, 5) is 13.7. The topological polar surface area (TPSA) is 41.1 Å². The number of rotatable bonds is 6. The summed E-state index contributed by atoms with van der Waals surface area (Å²) in [5.41, 5.74) is 1.24. The fourth-order valence-electron chi connectivity index (χ4n) is 2.99. The molecule has 3 nitrogen and oxygen atoms in total. The molecule has 2 aromatic carbocycles. The van der Waals surface area contributed by atoms with Crippen molar-refractivity contribution in [3.05, 3.63) is 51.5 Å². The highest BCUT2D eigenvalue weighted by molar-refractivity contribution is 9.10. The third kappa shape index (κ3) is 5.10. The summed E-state index contributed by atoms with van der Waals surface area (Å²) >= 11 is 4.70. The number of anilines is 1. The van der Waals surface area contributed by atoms with Crippen LogP contribution in [-0.2, 0) is 17.4 Å². The molecule has 2 aromatic rings. The number of halogens is 4. The van der Waals surface area contributed by atoms with Crippen molar-refractivity contribution >= 4 is 39.3 Å². The minimum Gasteiger partial charge on any atom is -0.326 e. The lowest BCUT2D eigenvalue weighted by Gasteiger charge is -2.24. The first-order chi connectivity index (χ1) is 13.3. The fourth-order valence-corrected chi connectivity index (χ4v) is 4.69. The number of amides is 1. The fraction of sp³-hybridized carbons (Fsp3) is 0.350. The molecule has 1 amide bonds. The Hall–Kier alpha value is -1.51. The second kappa shape index (κ2) is 8.88. The molecule has 0 bridgehead atoms. The zero-order valence-corrected chi connectivity index (χ0v) is 17.7. The van der Waals surface area contributed by atoms with Gasteiger partial charge >= 0.3 is 6.18 Å². The lowest BCUT2D eigenvalue weighted by atomic mass is 10.00. The number of carbonyl (C=O) groups excluding carboxylic acids is 1. The van der Waals surface area contributed by atoms with E-state index in [1.165, 1.54) is 17.8 Å². The van der Waals surface area contributed by atoms with Crippen LogP contribution in [-0.4, -0.2) is 19.0 Å². The smallest absolute Gasteiger partial charge is 0.326 e. The number of hydrogen-bond donors (Lipinski definition) is 2. The van der Waals surface area contributed by atoms with Gasteiger partial charge in [0, 0.05) is 39.3 Å². The van der Waals surface area contributed by atoms with E-state index in [1.807, 2.05) is 25.1 Å². The Morgan fingerprint density at radius 2 is 1.96 bits per heavy atom. The minimum atomic E-state index is -4.48. The minimum absolute atomic E-state index is 0.210. The van der Waals surface area contributed by atoms with Gasteiger partial charge in [-0.3, -0.25) is 4.79 Å². The first-order valence-corrected chi connectivity index (χ1v) is 10.6. The van der Waals surface area contributed by atoms with Crippen LogP contribution in [0.4, 0.5) is 18.9 Å². The standard InChI is InChI=1S/C20H20BrF3N2OS/c1-2-6-25-7-5-19(27)26-16-9-13(20(22,23)24)10-18-15(16)8-12-3-4-14(21)11-17(12)28-18/h3-4,9-11,25H,2,5-8H2,1H3,(H,26,27). The lowest BCUT2D eigenvalue weighted by Crippen LogP contribution is -2.23. The molecular formula is C20H20BrF3N2OS. The molecule has 3 rings (SSSR count). The Bertz CT molecular complexity index is 886. The lowest BCUT2D eigenvalue weighted by molar-refractivity contribution is -0.137. The van der Waals surface area contributed by atoms with E-state index >= 15 is 0 Å². The zero-order chi connectivity index (χ0) is 20.3. The molecule has 1 aliphatic rings. The second-order valence-corrected chi connectivity index (χ2v) is 8.58. The van der Waals surface area contributed by atoms with Crippen molar-refractivity contribution in [2.75, 3.05) is 18.4 Å². The van der Waals surface area contributed by atoms with E-state index in [9.17, 15) is 18.0 Å². The molecule has 1 aliphatic heterocycles. The molecule has 0 aliphatic carbocycles. The molecule has 0 atom stereocenters. The van der Waals surface area contributed by atoms with Gasteiger partial charge in [-0.25, -0.2) is 0 Å². The number of benzene rings is 2. The van der Waals surface area contributed by atoms with Crippen molar-refractivity contribution in [2.24, 2.45) is 0 Å². The van der Waals surface area contributed by atoms with Gasteiger partial charge < -0.3 is 10.6 Å². The molecule has 1 heterocycles. The van der Waals surface area contributed by atoms with E-state index in [-0.39, 0.29) is 18.0 Å². The Morgan fingerprint density at radius 1 is 1.18 bits per heavy atom. The van der Waals surface area contributed by atoms with Crippen LogP contribution in [0.2, 0.25) is 0 Å². The van der Waals surface area contributed by atoms with Gasteiger partial charge in [-0.1, -0.05) is 40.7 Å². The van der Waals surface area contributed by atoms with Gasteiger partial charge in [0.25, 0.3) is 0 Å². The number of fused-ring (bicyclic) bond motifs is 2. The third-order valence-electron chi connectivity index (χ3n) is 4.38. The van der Waals surface area contributed by atoms with Gasteiger partial charge in [0.1, 0.15) is 0 Å². The molecule has 2 N–H and O–H groups in total. The molecule has 0 radical (unpaired) electrons. The van der Waals surface area contributed by atoms with Crippen molar-refractivity contribution in [1.82, 2.24) is 5.32 Å². The number of hydrogen-bond acceptors (Lipinski definition) is 3. The van der Waals surface area contributed by atoms with E-state index in [0.717, 1.165) is 39.5 Å². The number of carbonyl (C=O) groups is 1. The monoisotopic (exact) mass is 472 g/mol. The highest BCUT2D eigenvalue weighted by Crippen LogP contribution is 2.46. The van der Waals surface area contributed by atoms with Gasteiger partial charge in [0.05, 0.1) is 5.56 Å². The maximum Gasteiger partial charge on any atom is 0.416 e. The Morgan fingerprint density at radius 3 is 2.68 bits per heavy atom. The maximum atomic E-state index is 13.4. The summed E-state index contributed by atoms with van der Waals surface area (Å²) in [6.07, 6.45) is -2.83. The predicted molar refractivity (Wildman–Crippen MR) is 109 cm³/mol. The van der Waals surface area contributed by atoms with Crippen LogP contribution < -0.4 is 10.6 Å². The molecule has 28 heavy (non-hydrogen) atoms. The van der Waals surface area contributed by atoms with Crippen LogP contribution in [0.25, 0.3) is 0 Å². The van der Waals surface area contributed by atoms with Crippen LogP contribution in [0.15, 0.2) is 44.6 Å². The molecule has 0 fully saturated rings. The number of alkyl halides is 3. The normalized spacial score (nSPS) is 13.0. The van der Waals surface area contributed by atoms with E-state index in [0.29, 0.717) is 17.9 Å². The van der Waals surface area contributed by atoms with Crippen LogP contribution >= 0.6 is 27.7 Å². The SMILES string of the molecule is CCCNCCC(=O)Nc1cc(C(F)(F)F)cc2c1Cc1ccc(Br)cc1S2. The molecular weight excluding hydrogens is 453 g/mol. The molecule has 0 saturated heterocycles. The summed E-state index contributed by atoms with van der Waals surface area (Å²) in [6, 6.07) is 7.98. The van der Waals surface area contributed by atoms with Crippen LogP contribution in [0, 0.1) is 0 Å². The summed E-state index contributed by atoms with van der Waals surface area (Å²) in [6.45, 7) is 3.32. The quantitative estimate of drug-likeness (QED) is 0.442. The first-order valence-electron chi connectivity index (χ1n) is 8.99. The Kier molecular flexibility index (Phi) is 6.73. The Balaban J connectivity index is 1.89. The summed E-state index contributed by atoms with van der Waals surface area (Å²) in [5.74, 6) is -0.295. The van der Waals surface area contributed by atoms with Gasteiger partial charge in [-0.2, -0.15) is 13.2 Å². The van der Waals surface area contributed by atoms with E-state index in [2.05, 4.69) is 26.6 Å². The first kappa shape index (κ1) is 21.2. The molecule has 0 saturated carbocycles. The molecule has 8 heteroatoms. The third-order valence-corrected chi connectivity index (χ3v) is 6.06. The van der Waals surface area contributed by atoms with Crippen molar-refractivity contribution in [3.8, 4) is 0 Å². The summed E-state index contributed by atoms with van der Waals surface area (Å²) in [7, 11) is 0. The van der Waals surface area contributed by atoms with Crippen molar-refractivity contribution in [2.45, 2.75) is 42.2 Å². The van der Waals surface area contributed by atoms with Gasteiger partial charge in [0.2, 0.25) is 5.91 Å². The average Bonchev–Trinajstić information content (AvgIpc) is 2.63. The summed E-state index contributed by atoms with van der Waals surface area (Å²) in [5, 5.41) is 5.82. The summed E-state index contributed by atoms with van der Waals surface area (Å²) < 4.78 is 41.0. The van der Waals surface area contributed by atoms with Crippen LogP contribution in [0.3, 0.4) is 0 Å². The molecule has 0 aromatic heterocycles. The van der Waals surface area contributed by atoms with Crippen LogP contribution in [0.5, 0.6) is 0 Å². The zero-order valence-electron chi connectivity index (χ0n) is 15.3. The maximum absolute atomic E-state index is 13.4. The molecule has 0 unspecified atom stereocenters. The van der Waals surface area contributed by atoms with Crippen molar-refractivity contribution in [3.63, 3.8) is 0 Å². The second-order valence-electron chi connectivity index (χ2n) is 6.58. The highest BCUT2D eigenvalue weighted by Gasteiger charge is 2.33. The van der Waals surface area contributed by atoms with E-state index in [4.69, 9.17) is 0 Å². The molecule has 0 spiro atoms.